The molecule has 31 heavy (non-hydrogen) atoms. The number of carbonyl (C=O) groups is 1. The number of alkyl halides is 3. The van der Waals surface area contributed by atoms with Crippen molar-refractivity contribution in [1.82, 2.24) is 9.91 Å². The highest BCUT2D eigenvalue weighted by Gasteiger charge is 2.43. The number of benzene rings is 1. The molecule has 0 N–H and O–H groups in total. The van der Waals surface area contributed by atoms with Gasteiger partial charge in [-0.05, 0) is 61.3 Å². The summed E-state index contributed by atoms with van der Waals surface area (Å²) in [5.41, 5.74) is 1.56. The van der Waals surface area contributed by atoms with E-state index in [-0.39, 0.29) is 25.4 Å². The van der Waals surface area contributed by atoms with Crippen LogP contribution in [0, 0.1) is 5.92 Å². The van der Waals surface area contributed by atoms with Gasteiger partial charge in [0.15, 0.2) is 0 Å². The number of ether oxygens (including phenoxy) is 1. The van der Waals surface area contributed by atoms with E-state index in [0.29, 0.717) is 36.6 Å². The first kappa shape index (κ1) is 21.4. The summed E-state index contributed by atoms with van der Waals surface area (Å²) in [5, 5.41) is 5.89. The smallest absolute Gasteiger partial charge is 0.393 e. The van der Waals surface area contributed by atoms with Crippen LogP contribution in [0.25, 0.3) is 0 Å². The van der Waals surface area contributed by atoms with Crippen LogP contribution in [0.4, 0.5) is 13.2 Å². The maximum Gasteiger partial charge on any atom is 0.393 e. The normalized spacial score (nSPS) is 22.5. The first-order valence-electron chi connectivity index (χ1n) is 10.2. The number of furan rings is 1. The number of methoxy groups -OCH3 is 1. The molecule has 0 spiro atoms. The van der Waals surface area contributed by atoms with E-state index in [0.717, 1.165) is 5.56 Å². The largest absolute Gasteiger partial charge is 0.497 e. The SMILES string of the molecule is COc1ccc(C2=NN(C(=O)CN3CCC[C@@H](C(F)(F)F)C3)[C@H](c3ccco3)C2)cc1. The van der Waals surface area contributed by atoms with Crippen LogP contribution < -0.4 is 4.74 Å². The van der Waals surface area contributed by atoms with Crippen LogP contribution >= 0.6 is 0 Å². The molecule has 2 aromatic rings. The molecule has 6 nitrogen and oxygen atoms in total. The minimum absolute atomic E-state index is 0.104. The lowest BCUT2D eigenvalue weighted by atomic mass is 9.97. The van der Waals surface area contributed by atoms with Crippen LogP contribution in [0.1, 0.15) is 36.6 Å². The number of piperidine rings is 1. The molecule has 0 unspecified atom stereocenters. The van der Waals surface area contributed by atoms with Crippen LogP contribution in [-0.4, -0.2) is 54.4 Å². The van der Waals surface area contributed by atoms with E-state index in [4.69, 9.17) is 9.15 Å². The van der Waals surface area contributed by atoms with E-state index in [2.05, 4.69) is 5.10 Å². The summed E-state index contributed by atoms with van der Waals surface area (Å²) in [6.45, 7) is 0.194. The monoisotopic (exact) mass is 435 g/mol. The van der Waals surface area contributed by atoms with Gasteiger partial charge in [-0.1, -0.05) is 0 Å². The van der Waals surface area contributed by atoms with Gasteiger partial charge in [0.25, 0.3) is 5.91 Å². The molecular formula is C22H24F3N3O3. The summed E-state index contributed by atoms with van der Waals surface area (Å²) in [4.78, 5) is 14.7. The number of carbonyl (C=O) groups excluding carboxylic acids is 1. The third-order valence-corrected chi connectivity index (χ3v) is 5.79. The van der Waals surface area contributed by atoms with Crippen molar-refractivity contribution < 1.29 is 27.1 Å². The average molecular weight is 435 g/mol. The molecule has 1 amide bonds. The molecule has 1 aromatic carbocycles. The first-order valence-corrected chi connectivity index (χ1v) is 10.2. The van der Waals surface area contributed by atoms with E-state index in [1.165, 1.54) is 11.3 Å². The van der Waals surface area contributed by atoms with Crippen molar-refractivity contribution in [1.29, 1.82) is 0 Å². The number of hydrazone groups is 1. The van der Waals surface area contributed by atoms with Gasteiger partial charge in [0, 0.05) is 13.0 Å². The molecule has 1 aromatic heterocycles. The predicted molar refractivity (Wildman–Crippen MR) is 108 cm³/mol. The summed E-state index contributed by atoms with van der Waals surface area (Å²) >= 11 is 0. The van der Waals surface area contributed by atoms with Gasteiger partial charge in [-0.2, -0.15) is 18.3 Å². The Morgan fingerprint density at radius 3 is 2.68 bits per heavy atom. The highest BCUT2D eigenvalue weighted by atomic mass is 19.4. The zero-order valence-electron chi connectivity index (χ0n) is 17.1. The highest BCUT2D eigenvalue weighted by molar-refractivity contribution is 6.03. The van der Waals surface area contributed by atoms with Crippen molar-refractivity contribution in [3.63, 3.8) is 0 Å². The van der Waals surface area contributed by atoms with Crippen molar-refractivity contribution in [2.24, 2.45) is 11.0 Å². The second kappa shape index (κ2) is 8.74. The zero-order chi connectivity index (χ0) is 22.0. The minimum atomic E-state index is -4.24. The Morgan fingerprint density at radius 2 is 2.03 bits per heavy atom. The third-order valence-electron chi connectivity index (χ3n) is 5.79. The summed E-state index contributed by atoms with van der Waals surface area (Å²) in [7, 11) is 1.58. The Morgan fingerprint density at radius 1 is 1.26 bits per heavy atom. The van der Waals surface area contributed by atoms with E-state index < -0.39 is 18.1 Å². The van der Waals surface area contributed by atoms with Crippen molar-refractivity contribution in [3.8, 4) is 5.75 Å². The predicted octanol–water partition coefficient (Wildman–Crippen LogP) is 4.24. The second-order valence-electron chi connectivity index (χ2n) is 7.86. The summed E-state index contributed by atoms with van der Waals surface area (Å²) in [6.07, 6.45) is -1.74. The minimum Gasteiger partial charge on any atom is -0.497 e. The average Bonchev–Trinajstić information content (AvgIpc) is 3.43. The number of amides is 1. The van der Waals surface area contributed by atoms with Crippen LogP contribution in [0.3, 0.4) is 0 Å². The molecule has 0 saturated carbocycles. The van der Waals surface area contributed by atoms with Crippen molar-refractivity contribution in [2.75, 3.05) is 26.7 Å². The van der Waals surface area contributed by atoms with Crippen molar-refractivity contribution in [3.05, 3.63) is 54.0 Å². The summed E-state index contributed by atoms with van der Waals surface area (Å²) in [6, 6.07) is 10.4. The van der Waals surface area contributed by atoms with Gasteiger partial charge in [0.2, 0.25) is 0 Å². The maximum absolute atomic E-state index is 13.1. The molecule has 1 saturated heterocycles. The molecule has 0 bridgehead atoms. The molecular weight excluding hydrogens is 411 g/mol. The Balaban J connectivity index is 1.52. The van der Waals surface area contributed by atoms with Crippen molar-refractivity contribution in [2.45, 2.75) is 31.5 Å². The molecule has 2 aliphatic rings. The molecule has 2 aliphatic heterocycles. The van der Waals surface area contributed by atoms with E-state index in [9.17, 15) is 18.0 Å². The van der Waals surface area contributed by atoms with Gasteiger partial charge in [-0.15, -0.1) is 0 Å². The quantitative estimate of drug-likeness (QED) is 0.705. The van der Waals surface area contributed by atoms with Crippen LogP contribution in [-0.2, 0) is 4.79 Å². The maximum atomic E-state index is 13.1. The lowest BCUT2D eigenvalue weighted by Gasteiger charge is -2.34. The van der Waals surface area contributed by atoms with Crippen LogP contribution in [0.15, 0.2) is 52.2 Å². The molecule has 166 valence electrons. The molecule has 0 radical (unpaired) electrons. The Kier molecular flexibility index (Phi) is 6.04. The van der Waals surface area contributed by atoms with E-state index >= 15 is 0 Å². The fourth-order valence-corrected chi connectivity index (χ4v) is 4.13. The van der Waals surface area contributed by atoms with E-state index in [1.54, 1.807) is 24.1 Å². The van der Waals surface area contributed by atoms with E-state index in [1.807, 2.05) is 24.3 Å². The van der Waals surface area contributed by atoms with Crippen LogP contribution in [0.2, 0.25) is 0 Å². The Labute approximate surface area is 178 Å². The second-order valence-corrected chi connectivity index (χ2v) is 7.86. The van der Waals surface area contributed by atoms with Gasteiger partial charge in [0.05, 0.1) is 31.5 Å². The molecule has 2 atom stereocenters. The number of rotatable bonds is 5. The lowest BCUT2D eigenvalue weighted by Crippen LogP contribution is -2.46. The molecule has 3 heterocycles. The number of halogens is 3. The Bertz CT molecular complexity index is 926. The van der Waals surface area contributed by atoms with Crippen molar-refractivity contribution >= 4 is 11.6 Å². The fourth-order valence-electron chi connectivity index (χ4n) is 4.13. The molecule has 0 aliphatic carbocycles. The lowest BCUT2D eigenvalue weighted by molar-refractivity contribution is -0.187. The Hall–Kier alpha value is -2.81. The number of hydrogen-bond acceptors (Lipinski definition) is 5. The van der Waals surface area contributed by atoms with Gasteiger partial charge in [-0.3, -0.25) is 9.69 Å². The van der Waals surface area contributed by atoms with Gasteiger partial charge in [0.1, 0.15) is 17.6 Å². The third kappa shape index (κ3) is 4.76. The first-order chi connectivity index (χ1) is 14.8. The highest BCUT2D eigenvalue weighted by Crippen LogP contribution is 2.35. The van der Waals surface area contributed by atoms with Crippen LogP contribution in [0.5, 0.6) is 5.75 Å². The standard InChI is InChI=1S/C22H24F3N3O3/c1-30-17-8-6-15(7-9-17)18-12-19(20-5-3-11-31-20)28(26-18)21(29)14-27-10-2-4-16(13-27)22(23,24)25/h3,5-9,11,16,19H,2,4,10,12-14H2,1H3/t16-,19+/m1/s1. The summed E-state index contributed by atoms with van der Waals surface area (Å²) < 4.78 is 50.1. The van der Waals surface area contributed by atoms with Gasteiger partial charge < -0.3 is 9.15 Å². The van der Waals surface area contributed by atoms with Gasteiger partial charge in [-0.25, -0.2) is 5.01 Å². The molecule has 9 heteroatoms. The number of likely N-dealkylation sites (tertiary alicyclic amines) is 1. The summed E-state index contributed by atoms with van der Waals surface area (Å²) in [5.74, 6) is -0.436. The molecule has 1 fully saturated rings. The number of nitrogens with zero attached hydrogens (tertiary/aromatic N) is 3. The zero-order valence-corrected chi connectivity index (χ0v) is 17.1. The number of hydrogen-bond donors (Lipinski definition) is 0. The fraction of sp³-hybridized carbons (Fsp3) is 0.455. The van der Waals surface area contributed by atoms with Gasteiger partial charge >= 0.3 is 6.18 Å². The molecule has 4 rings (SSSR count). The topological polar surface area (TPSA) is 58.3 Å².